The van der Waals surface area contributed by atoms with Crippen molar-refractivity contribution < 1.29 is 9.90 Å². The van der Waals surface area contributed by atoms with Gasteiger partial charge < -0.3 is 5.11 Å². The van der Waals surface area contributed by atoms with E-state index in [1.54, 1.807) is 0 Å². The molecular formula is C27H38O2. The van der Waals surface area contributed by atoms with Crippen LogP contribution in [0, 0.1) is 34.5 Å². The van der Waals surface area contributed by atoms with E-state index in [0.717, 1.165) is 50.4 Å². The smallest absolute Gasteiger partial charge is 0.133 e. The summed E-state index contributed by atoms with van der Waals surface area (Å²) in [5.41, 5.74) is 1.26. The van der Waals surface area contributed by atoms with Crippen molar-refractivity contribution in [1.82, 2.24) is 0 Å². The first kappa shape index (κ1) is 19.8. The third kappa shape index (κ3) is 2.96. The lowest BCUT2D eigenvalue weighted by Crippen LogP contribution is -2.56. The van der Waals surface area contributed by atoms with Crippen molar-refractivity contribution in [3.8, 4) is 0 Å². The highest BCUT2D eigenvalue weighted by atomic mass is 16.3. The van der Waals surface area contributed by atoms with Gasteiger partial charge in [-0.05, 0) is 97.9 Å². The molecule has 158 valence electrons. The van der Waals surface area contributed by atoms with Crippen LogP contribution >= 0.6 is 0 Å². The normalized spacial score (nSPS) is 46.7. The molecule has 1 N–H and O–H groups in total. The van der Waals surface area contributed by atoms with Gasteiger partial charge in [0.1, 0.15) is 5.78 Å². The van der Waals surface area contributed by atoms with Crippen LogP contribution in [0.15, 0.2) is 30.3 Å². The Morgan fingerprint density at radius 1 is 0.966 bits per heavy atom. The second-order valence-corrected chi connectivity index (χ2v) is 11.4. The fourth-order valence-corrected chi connectivity index (χ4v) is 8.56. The predicted octanol–water partition coefficient (Wildman–Crippen LogP) is 5.96. The monoisotopic (exact) mass is 394 g/mol. The minimum atomic E-state index is -0.515. The molecule has 4 aliphatic carbocycles. The van der Waals surface area contributed by atoms with Gasteiger partial charge in [0.05, 0.1) is 5.60 Å². The van der Waals surface area contributed by atoms with Crippen LogP contribution in [-0.4, -0.2) is 16.5 Å². The van der Waals surface area contributed by atoms with Crippen LogP contribution in [0.1, 0.15) is 83.6 Å². The molecule has 7 atom stereocenters. The number of rotatable bonds is 3. The maximum atomic E-state index is 12.1. The van der Waals surface area contributed by atoms with Crippen LogP contribution < -0.4 is 0 Å². The van der Waals surface area contributed by atoms with E-state index < -0.39 is 5.60 Å². The fraction of sp³-hybridized carbons (Fsp3) is 0.741. The molecule has 1 aromatic rings. The Hall–Kier alpha value is -1.15. The number of carbonyl (C=O) groups is 1. The first-order valence-corrected chi connectivity index (χ1v) is 12.1. The van der Waals surface area contributed by atoms with Crippen molar-refractivity contribution in [2.45, 2.75) is 90.1 Å². The van der Waals surface area contributed by atoms with Crippen molar-refractivity contribution >= 4 is 5.78 Å². The van der Waals surface area contributed by atoms with Crippen molar-refractivity contribution in [2.24, 2.45) is 34.5 Å². The lowest BCUT2D eigenvalue weighted by Gasteiger charge is -2.61. The standard InChI is InChI=1S/C27H38O2/c1-25-14-11-21(28)18-20(25)8-9-22-23(25)12-15-26(2)24(22)13-17-27(26,29)16-10-19-6-4-3-5-7-19/h3-7,20,22-24,29H,8-18H2,1-2H3/t20-,22+,23+,24-,25+,26+,27-/m1/s1. The highest BCUT2D eigenvalue weighted by Crippen LogP contribution is 2.68. The topological polar surface area (TPSA) is 37.3 Å². The van der Waals surface area contributed by atoms with Crippen LogP contribution in [0.25, 0.3) is 0 Å². The second-order valence-electron chi connectivity index (χ2n) is 11.4. The molecule has 0 unspecified atom stereocenters. The summed E-state index contributed by atoms with van der Waals surface area (Å²) in [6.45, 7) is 4.94. The van der Waals surface area contributed by atoms with Crippen LogP contribution in [0.3, 0.4) is 0 Å². The van der Waals surface area contributed by atoms with Gasteiger partial charge in [-0.25, -0.2) is 0 Å². The van der Waals surface area contributed by atoms with Gasteiger partial charge in [-0.1, -0.05) is 44.2 Å². The highest BCUT2D eigenvalue weighted by molar-refractivity contribution is 5.79. The molecule has 2 heteroatoms. The molecule has 1 aromatic carbocycles. The number of hydrogen-bond donors (Lipinski definition) is 1. The van der Waals surface area contributed by atoms with E-state index in [1.165, 1.54) is 37.7 Å². The van der Waals surface area contributed by atoms with Gasteiger partial charge in [0.2, 0.25) is 0 Å². The third-order valence-corrected chi connectivity index (χ3v) is 10.5. The first-order valence-electron chi connectivity index (χ1n) is 12.1. The number of benzene rings is 1. The average Bonchev–Trinajstić information content (AvgIpc) is 2.99. The molecule has 0 heterocycles. The minimum Gasteiger partial charge on any atom is -0.389 e. The molecule has 2 nitrogen and oxygen atoms in total. The van der Waals surface area contributed by atoms with Gasteiger partial charge in [-0.15, -0.1) is 0 Å². The van der Waals surface area contributed by atoms with Gasteiger partial charge in [-0.3, -0.25) is 4.79 Å². The van der Waals surface area contributed by atoms with Crippen LogP contribution in [0.5, 0.6) is 0 Å². The number of fused-ring (bicyclic) bond motifs is 5. The van der Waals surface area contributed by atoms with Gasteiger partial charge in [0, 0.05) is 12.8 Å². The molecule has 0 radical (unpaired) electrons. The highest BCUT2D eigenvalue weighted by Gasteiger charge is 2.64. The summed E-state index contributed by atoms with van der Waals surface area (Å²) in [4.78, 5) is 12.1. The van der Waals surface area contributed by atoms with Crippen LogP contribution in [0.2, 0.25) is 0 Å². The van der Waals surface area contributed by atoms with Crippen molar-refractivity contribution in [3.63, 3.8) is 0 Å². The van der Waals surface area contributed by atoms with Gasteiger partial charge in [-0.2, -0.15) is 0 Å². The molecule has 0 aliphatic heterocycles. The summed E-state index contributed by atoms with van der Waals surface area (Å²) in [6.07, 6.45) is 11.7. The average molecular weight is 395 g/mol. The maximum absolute atomic E-state index is 12.1. The van der Waals surface area contributed by atoms with Gasteiger partial charge in [0.25, 0.3) is 0 Å². The molecule has 4 fully saturated rings. The van der Waals surface area contributed by atoms with Crippen LogP contribution in [-0.2, 0) is 11.2 Å². The molecule has 4 saturated carbocycles. The molecule has 0 amide bonds. The molecule has 0 saturated heterocycles. The summed E-state index contributed by atoms with van der Waals surface area (Å²) < 4.78 is 0. The van der Waals surface area contributed by atoms with E-state index in [1.807, 2.05) is 0 Å². The molecule has 0 spiro atoms. The zero-order valence-electron chi connectivity index (χ0n) is 18.3. The number of Topliss-reactive ketones (excluding diaryl/α,β-unsaturated/α-hetero) is 1. The number of hydrogen-bond acceptors (Lipinski definition) is 2. The van der Waals surface area contributed by atoms with E-state index in [2.05, 4.69) is 44.2 Å². The van der Waals surface area contributed by atoms with Crippen LogP contribution in [0.4, 0.5) is 0 Å². The summed E-state index contributed by atoms with van der Waals surface area (Å²) in [5.74, 6) is 3.31. The minimum absolute atomic E-state index is 0.0661. The summed E-state index contributed by atoms with van der Waals surface area (Å²) in [6, 6.07) is 10.7. The van der Waals surface area contributed by atoms with Gasteiger partial charge >= 0.3 is 0 Å². The number of ketones is 1. The molecular weight excluding hydrogens is 356 g/mol. The summed E-state index contributed by atoms with van der Waals surface area (Å²) in [5, 5.41) is 11.9. The summed E-state index contributed by atoms with van der Waals surface area (Å²) in [7, 11) is 0. The summed E-state index contributed by atoms with van der Waals surface area (Å²) >= 11 is 0. The Morgan fingerprint density at radius 3 is 2.52 bits per heavy atom. The van der Waals surface area contributed by atoms with Crippen molar-refractivity contribution in [1.29, 1.82) is 0 Å². The Labute approximate surface area is 176 Å². The Bertz CT molecular complexity index is 772. The number of aryl methyl sites for hydroxylation is 1. The van der Waals surface area contributed by atoms with Crippen molar-refractivity contribution in [3.05, 3.63) is 35.9 Å². The van der Waals surface area contributed by atoms with Crippen molar-refractivity contribution in [2.75, 3.05) is 0 Å². The molecule has 29 heavy (non-hydrogen) atoms. The Kier molecular flexibility index (Phi) is 4.74. The zero-order chi connectivity index (χ0) is 20.3. The number of carbonyl (C=O) groups excluding carboxylic acids is 1. The van der Waals surface area contributed by atoms with E-state index in [0.29, 0.717) is 23.0 Å². The second kappa shape index (κ2) is 6.94. The molecule has 5 rings (SSSR count). The first-order chi connectivity index (χ1) is 13.9. The largest absolute Gasteiger partial charge is 0.389 e. The maximum Gasteiger partial charge on any atom is 0.133 e. The molecule has 0 aromatic heterocycles. The SMILES string of the molecule is C[C@]12CCC(=O)C[C@H]1CC[C@@H]1[C@H]3CC[C@](O)(CCc4ccccc4)[C@@]3(C)CC[C@@H]12. The van der Waals surface area contributed by atoms with E-state index >= 15 is 0 Å². The fourth-order valence-electron chi connectivity index (χ4n) is 8.56. The Balaban J connectivity index is 1.36. The zero-order valence-corrected chi connectivity index (χ0v) is 18.3. The Morgan fingerprint density at radius 2 is 1.72 bits per heavy atom. The predicted molar refractivity (Wildman–Crippen MR) is 116 cm³/mol. The lowest BCUT2D eigenvalue weighted by atomic mass is 9.44. The third-order valence-electron chi connectivity index (χ3n) is 10.5. The van der Waals surface area contributed by atoms with E-state index in [9.17, 15) is 9.90 Å². The lowest BCUT2D eigenvalue weighted by molar-refractivity contribution is -0.158. The molecule has 0 bridgehead atoms. The number of aliphatic hydroxyl groups is 1. The van der Waals surface area contributed by atoms with E-state index in [-0.39, 0.29) is 5.41 Å². The molecule has 4 aliphatic rings. The van der Waals surface area contributed by atoms with E-state index in [4.69, 9.17) is 0 Å². The quantitative estimate of drug-likeness (QED) is 0.686. The van der Waals surface area contributed by atoms with Gasteiger partial charge in [0.15, 0.2) is 0 Å².